The first-order valence-corrected chi connectivity index (χ1v) is 7.60. The molecule has 1 unspecified atom stereocenters. The molecule has 1 atom stereocenters. The Morgan fingerprint density at radius 3 is 2.70 bits per heavy atom. The molecule has 0 aromatic heterocycles. The van der Waals surface area contributed by atoms with E-state index in [2.05, 4.69) is 25.7 Å². The van der Waals surface area contributed by atoms with E-state index in [0.717, 1.165) is 43.1 Å². The first kappa shape index (κ1) is 14.2. The van der Waals surface area contributed by atoms with Gasteiger partial charge in [0.05, 0.1) is 11.3 Å². The molecule has 0 N–H and O–H groups in total. The molecule has 0 amide bonds. The predicted molar refractivity (Wildman–Crippen MR) is 76.0 cm³/mol. The van der Waals surface area contributed by atoms with Crippen molar-refractivity contribution in [3.8, 4) is 0 Å². The fourth-order valence-electron chi connectivity index (χ4n) is 3.14. The quantitative estimate of drug-likeness (QED) is 0.762. The summed E-state index contributed by atoms with van der Waals surface area (Å²) < 4.78 is 39.3. The van der Waals surface area contributed by atoms with Crippen molar-refractivity contribution in [2.75, 3.05) is 31.1 Å². The summed E-state index contributed by atoms with van der Waals surface area (Å²) in [5, 5.41) is 0. The lowest BCUT2D eigenvalue weighted by Crippen LogP contribution is -2.50. The van der Waals surface area contributed by atoms with Gasteiger partial charge in [0.1, 0.15) is 0 Å². The van der Waals surface area contributed by atoms with Gasteiger partial charge < -0.3 is 4.90 Å². The smallest absolute Gasteiger partial charge is 0.368 e. The standard InChI is InChI=1S/C14H16BrF3N2/c15-12-4-3-10(14(16,17)18)8-13(12)20-7-6-19-5-1-2-11(19)9-20/h3-4,8,11H,1-2,5-7,9H2. The predicted octanol–water partition coefficient (Wildman–Crippen LogP) is 3.75. The molecule has 6 heteroatoms. The van der Waals surface area contributed by atoms with Gasteiger partial charge in [-0.1, -0.05) is 0 Å². The number of halogens is 4. The third-order valence-electron chi connectivity index (χ3n) is 4.20. The topological polar surface area (TPSA) is 6.48 Å². The summed E-state index contributed by atoms with van der Waals surface area (Å²) in [6, 6.07) is 4.37. The van der Waals surface area contributed by atoms with Gasteiger partial charge in [0.25, 0.3) is 0 Å². The summed E-state index contributed by atoms with van der Waals surface area (Å²) in [5.41, 5.74) is 0.0796. The van der Waals surface area contributed by atoms with Crippen LogP contribution in [0.5, 0.6) is 0 Å². The Balaban J connectivity index is 1.86. The molecule has 3 rings (SSSR count). The molecule has 0 bridgehead atoms. The summed E-state index contributed by atoms with van der Waals surface area (Å²) >= 11 is 3.38. The number of hydrogen-bond donors (Lipinski definition) is 0. The molecule has 0 aliphatic carbocycles. The molecule has 0 spiro atoms. The average molecular weight is 349 g/mol. The van der Waals surface area contributed by atoms with Crippen molar-refractivity contribution in [2.24, 2.45) is 0 Å². The second kappa shape index (κ2) is 5.22. The number of fused-ring (bicyclic) bond motifs is 1. The zero-order chi connectivity index (χ0) is 14.3. The number of alkyl halides is 3. The van der Waals surface area contributed by atoms with E-state index in [1.807, 2.05) is 0 Å². The van der Waals surface area contributed by atoms with Crippen LogP contribution in [0.15, 0.2) is 22.7 Å². The van der Waals surface area contributed by atoms with Crippen LogP contribution in [0.2, 0.25) is 0 Å². The third-order valence-corrected chi connectivity index (χ3v) is 4.87. The Morgan fingerprint density at radius 2 is 1.95 bits per heavy atom. The number of anilines is 1. The van der Waals surface area contributed by atoms with Crippen molar-refractivity contribution < 1.29 is 13.2 Å². The monoisotopic (exact) mass is 348 g/mol. The van der Waals surface area contributed by atoms with Crippen molar-refractivity contribution in [1.29, 1.82) is 0 Å². The number of nitrogens with zero attached hydrogens (tertiary/aromatic N) is 2. The van der Waals surface area contributed by atoms with Crippen LogP contribution in [0.1, 0.15) is 18.4 Å². The minimum atomic E-state index is -4.29. The van der Waals surface area contributed by atoms with Crippen LogP contribution in [0.3, 0.4) is 0 Å². The normalized spacial score (nSPS) is 24.0. The van der Waals surface area contributed by atoms with Crippen LogP contribution >= 0.6 is 15.9 Å². The van der Waals surface area contributed by atoms with Gasteiger partial charge in [0, 0.05) is 30.1 Å². The van der Waals surface area contributed by atoms with E-state index >= 15 is 0 Å². The van der Waals surface area contributed by atoms with Crippen LogP contribution in [0, 0.1) is 0 Å². The molecule has 2 aliphatic heterocycles. The van der Waals surface area contributed by atoms with Crippen molar-refractivity contribution in [2.45, 2.75) is 25.1 Å². The second-order valence-corrected chi connectivity index (χ2v) is 6.30. The van der Waals surface area contributed by atoms with E-state index in [9.17, 15) is 13.2 Å². The Labute approximate surface area is 124 Å². The van der Waals surface area contributed by atoms with Crippen LogP contribution in [0.4, 0.5) is 18.9 Å². The van der Waals surface area contributed by atoms with Crippen molar-refractivity contribution in [3.05, 3.63) is 28.2 Å². The van der Waals surface area contributed by atoms with Gasteiger partial charge in [-0.2, -0.15) is 13.2 Å². The highest BCUT2D eigenvalue weighted by atomic mass is 79.9. The summed E-state index contributed by atoms with van der Waals surface area (Å²) in [5.74, 6) is 0. The highest BCUT2D eigenvalue weighted by Gasteiger charge is 2.34. The maximum absolute atomic E-state index is 12.8. The summed E-state index contributed by atoms with van der Waals surface area (Å²) in [7, 11) is 0. The molecule has 2 nitrogen and oxygen atoms in total. The molecule has 110 valence electrons. The Hall–Kier alpha value is -0.750. The molecule has 20 heavy (non-hydrogen) atoms. The molecule has 2 fully saturated rings. The first-order valence-electron chi connectivity index (χ1n) is 6.81. The molecule has 1 aromatic carbocycles. The Bertz CT molecular complexity index is 504. The maximum atomic E-state index is 12.8. The van der Waals surface area contributed by atoms with Gasteiger partial charge in [0.15, 0.2) is 0 Å². The van der Waals surface area contributed by atoms with Crippen LogP contribution in [0.25, 0.3) is 0 Å². The summed E-state index contributed by atoms with van der Waals surface area (Å²) in [4.78, 5) is 4.52. The van der Waals surface area contributed by atoms with Crippen LogP contribution < -0.4 is 4.90 Å². The van der Waals surface area contributed by atoms with E-state index in [-0.39, 0.29) is 0 Å². The van der Waals surface area contributed by atoms with Gasteiger partial charge in [0.2, 0.25) is 0 Å². The lowest BCUT2D eigenvalue weighted by Gasteiger charge is -2.39. The maximum Gasteiger partial charge on any atom is 0.416 e. The van der Waals surface area contributed by atoms with Gasteiger partial charge in [-0.05, 0) is 53.5 Å². The molecular formula is C14H16BrF3N2. The molecular weight excluding hydrogens is 333 g/mol. The molecule has 0 saturated carbocycles. The Kier molecular flexibility index (Phi) is 3.71. The highest BCUT2D eigenvalue weighted by molar-refractivity contribution is 9.10. The Morgan fingerprint density at radius 1 is 1.15 bits per heavy atom. The highest BCUT2D eigenvalue weighted by Crippen LogP contribution is 2.36. The van der Waals surface area contributed by atoms with Crippen LogP contribution in [-0.4, -0.2) is 37.1 Å². The number of benzene rings is 1. The largest absolute Gasteiger partial charge is 0.416 e. The van der Waals surface area contributed by atoms with Crippen molar-refractivity contribution >= 4 is 21.6 Å². The summed E-state index contributed by atoms with van der Waals surface area (Å²) in [6.45, 7) is 3.67. The van der Waals surface area contributed by atoms with Crippen LogP contribution in [-0.2, 0) is 6.18 Å². The van der Waals surface area contributed by atoms with Crippen molar-refractivity contribution in [1.82, 2.24) is 4.90 Å². The zero-order valence-corrected chi connectivity index (χ0v) is 12.5. The van der Waals surface area contributed by atoms with Gasteiger partial charge >= 0.3 is 6.18 Å². The van der Waals surface area contributed by atoms with E-state index < -0.39 is 11.7 Å². The van der Waals surface area contributed by atoms with E-state index in [4.69, 9.17) is 0 Å². The summed E-state index contributed by atoms with van der Waals surface area (Å²) in [6.07, 6.45) is -1.94. The van der Waals surface area contributed by atoms with Crippen molar-refractivity contribution in [3.63, 3.8) is 0 Å². The van der Waals surface area contributed by atoms with E-state index in [1.165, 1.54) is 18.6 Å². The van der Waals surface area contributed by atoms with Gasteiger partial charge in [-0.15, -0.1) is 0 Å². The fourth-order valence-corrected chi connectivity index (χ4v) is 3.64. The zero-order valence-electron chi connectivity index (χ0n) is 11.0. The first-order chi connectivity index (χ1) is 9.45. The molecule has 2 saturated heterocycles. The second-order valence-electron chi connectivity index (χ2n) is 5.44. The van der Waals surface area contributed by atoms with Gasteiger partial charge in [-0.25, -0.2) is 0 Å². The number of piperazine rings is 1. The number of rotatable bonds is 1. The lowest BCUT2D eigenvalue weighted by molar-refractivity contribution is -0.137. The molecule has 0 radical (unpaired) electrons. The minimum Gasteiger partial charge on any atom is -0.368 e. The SMILES string of the molecule is FC(F)(F)c1ccc(Br)c(N2CCN3CCCC3C2)c1. The lowest BCUT2D eigenvalue weighted by atomic mass is 10.1. The fraction of sp³-hybridized carbons (Fsp3) is 0.571. The van der Waals surface area contributed by atoms with E-state index in [1.54, 1.807) is 0 Å². The molecule has 2 aliphatic rings. The molecule has 2 heterocycles. The van der Waals surface area contributed by atoms with Gasteiger partial charge in [-0.3, -0.25) is 4.90 Å². The molecule has 1 aromatic rings. The number of hydrogen-bond acceptors (Lipinski definition) is 2. The average Bonchev–Trinajstić information content (AvgIpc) is 2.85. The van der Waals surface area contributed by atoms with E-state index in [0.29, 0.717) is 11.7 Å². The third kappa shape index (κ3) is 2.68. The minimum absolute atomic E-state index is 0.491.